The van der Waals surface area contributed by atoms with Gasteiger partial charge in [0.1, 0.15) is 0 Å². The Balaban J connectivity index is 2.61. The fraction of sp³-hybridized carbons (Fsp3) is 0.0769. The molecule has 6 heteroatoms. The Morgan fingerprint density at radius 2 is 1.21 bits per heavy atom. The lowest BCUT2D eigenvalue weighted by molar-refractivity contribution is 0.578. The fourth-order valence-electron chi connectivity index (χ4n) is 1.76. The molecule has 0 saturated heterocycles. The number of sulfonamides is 1. The Morgan fingerprint density at radius 3 is 1.53 bits per heavy atom. The first-order valence-electron chi connectivity index (χ1n) is 5.62. The summed E-state index contributed by atoms with van der Waals surface area (Å²) in [4.78, 5) is 0. The molecule has 0 heterocycles. The van der Waals surface area contributed by atoms with Crippen LogP contribution in [0.3, 0.4) is 0 Å². The SMILES string of the molecule is CS(=O)(=O)NP(=O)(c1ccccc1)c1ccccc1. The highest BCUT2D eigenvalue weighted by atomic mass is 32.2. The Morgan fingerprint density at radius 1 is 0.842 bits per heavy atom. The highest BCUT2D eigenvalue weighted by Crippen LogP contribution is 2.39. The van der Waals surface area contributed by atoms with E-state index in [4.69, 9.17) is 0 Å². The second-order valence-electron chi connectivity index (χ2n) is 4.14. The molecule has 0 spiro atoms. The molecule has 2 aromatic rings. The highest BCUT2D eigenvalue weighted by molar-refractivity contribution is 7.98. The van der Waals surface area contributed by atoms with Gasteiger partial charge in [-0.05, 0) is 24.3 Å². The molecule has 0 aromatic heterocycles. The second-order valence-corrected chi connectivity index (χ2v) is 8.67. The predicted octanol–water partition coefficient (Wildman–Crippen LogP) is 1.46. The summed E-state index contributed by atoms with van der Waals surface area (Å²) in [6.45, 7) is 0. The first kappa shape index (κ1) is 14.0. The maximum absolute atomic E-state index is 13.1. The van der Waals surface area contributed by atoms with E-state index in [1.54, 1.807) is 60.7 Å². The van der Waals surface area contributed by atoms with Gasteiger partial charge in [-0.15, -0.1) is 0 Å². The third-order valence-corrected chi connectivity index (χ3v) is 6.94. The zero-order valence-corrected chi connectivity index (χ0v) is 12.1. The molecule has 19 heavy (non-hydrogen) atoms. The molecule has 0 amide bonds. The molecule has 2 aromatic carbocycles. The number of benzene rings is 2. The van der Waals surface area contributed by atoms with Crippen LogP contribution in [0.2, 0.25) is 0 Å². The van der Waals surface area contributed by atoms with Crippen molar-refractivity contribution < 1.29 is 13.0 Å². The largest absolute Gasteiger partial charge is 0.296 e. The summed E-state index contributed by atoms with van der Waals surface area (Å²) in [7, 11) is -6.97. The molecular formula is C13H14NO3PS. The van der Waals surface area contributed by atoms with Gasteiger partial charge in [-0.25, -0.2) is 8.42 Å². The average molecular weight is 295 g/mol. The summed E-state index contributed by atoms with van der Waals surface area (Å²) in [6.07, 6.45) is 1.01. The number of rotatable bonds is 4. The Labute approximate surface area is 113 Å². The van der Waals surface area contributed by atoms with E-state index in [0.29, 0.717) is 10.6 Å². The van der Waals surface area contributed by atoms with Crippen molar-refractivity contribution in [2.45, 2.75) is 0 Å². The third-order valence-electron chi connectivity index (χ3n) is 2.53. The van der Waals surface area contributed by atoms with Crippen LogP contribution in [0.5, 0.6) is 0 Å². The topological polar surface area (TPSA) is 63.2 Å². The third kappa shape index (κ3) is 3.32. The molecule has 0 bridgehead atoms. The van der Waals surface area contributed by atoms with Crippen LogP contribution < -0.4 is 15.1 Å². The van der Waals surface area contributed by atoms with Crippen molar-refractivity contribution in [1.29, 1.82) is 0 Å². The van der Waals surface area contributed by atoms with Crippen LogP contribution in [-0.2, 0) is 14.6 Å². The van der Waals surface area contributed by atoms with Gasteiger partial charge in [0.25, 0.3) is 0 Å². The van der Waals surface area contributed by atoms with Crippen molar-refractivity contribution in [3.8, 4) is 0 Å². The molecule has 0 unspecified atom stereocenters. The molecule has 4 nitrogen and oxygen atoms in total. The van der Waals surface area contributed by atoms with Gasteiger partial charge in [0.2, 0.25) is 17.3 Å². The summed E-state index contributed by atoms with van der Waals surface area (Å²) in [5.41, 5.74) is 0. The van der Waals surface area contributed by atoms with Crippen molar-refractivity contribution in [1.82, 2.24) is 4.49 Å². The predicted molar refractivity (Wildman–Crippen MR) is 77.7 cm³/mol. The number of hydrogen-bond acceptors (Lipinski definition) is 3. The molecule has 0 atom stereocenters. The van der Waals surface area contributed by atoms with Crippen LogP contribution in [0, 0.1) is 0 Å². The van der Waals surface area contributed by atoms with Gasteiger partial charge in [-0.2, -0.15) is 4.49 Å². The molecule has 0 fully saturated rings. The van der Waals surface area contributed by atoms with Gasteiger partial charge in [0, 0.05) is 10.6 Å². The first-order chi connectivity index (χ1) is 8.92. The Kier molecular flexibility index (Phi) is 3.90. The second kappa shape index (κ2) is 5.29. The molecule has 0 saturated carbocycles. The molecule has 0 aliphatic heterocycles. The molecule has 0 aliphatic carbocycles. The molecule has 0 radical (unpaired) electrons. The lowest BCUT2D eigenvalue weighted by atomic mass is 10.4. The van der Waals surface area contributed by atoms with E-state index in [2.05, 4.69) is 4.49 Å². The normalized spacial score (nSPS) is 12.3. The molecule has 1 N–H and O–H groups in total. The van der Waals surface area contributed by atoms with Gasteiger partial charge in [-0.1, -0.05) is 36.4 Å². The van der Waals surface area contributed by atoms with E-state index in [1.807, 2.05) is 0 Å². The molecular weight excluding hydrogens is 281 g/mol. The van der Waals surface area contributed by atoms with Crippen LogP contribution in [-0.4, -0.2) is 14.7 Å². The zero-order chi connectivity index (χ0) is 13.9. The van der Waals surface area contributed by atoms with Crippen LogP contribution in [0.15, 0.2) is 60.7 Å². The first-order valence-corrected chi connectivity index (χ1v) is 9.22. The van der Waals surface area contributed by atoms with Crippen molar-refractivity contribution in [3.63, 3.8) is 0 Å². The van der Waals surface area contributed by atoms with Crippen LogP contribution in [0.4, 0.5) is 0 Å². The van der Waals surface area contributed by atoms with E-state index in [9.17, 15) is 13.0 Å². The van der Waals surface area contributed by atoms with Crippen LogP contribution >= 0.6 is 7.29 Å². The standard InChI is InChI=1S/C13H14NO3PS/c1-19(16,17)14-18(15,12-8-4-2-5-9-12)13-10-6-3-7-11-13/h2-11H,1H3,(H,14,15). The van der Waals surface area contributed by atoms with Gasteiger partial charge in [0.15, 0.2) is 0 Å². The van der Waals surface area contributed by atoms with Gasteiger partial charge < -0.3 is 0 Å². The summed E-state index contributed by atoms with van der Waals surface area (Å²) < 4.78 is 38.5. The highest BCUT2D eigenvalue weighted by Gasteiger charge is 2.30. The van der Waals surface area contributed by atoms with E-state index >= 15 is 0 Å². The lowest BCUT2D eigenvalue weighted by Gasteiger charge is -2.19. The van der Waals surface area contributed by atoms with Crippen LogP contribution in [0.1, 0.15) is 0 Å². The maximum atomic E-state index is 13.1. The van der Waals surface area contributed by atoms with E-state index in [-0.39, 0.29) is 0 Å². The van der Waals surface area contributed by atoms with E-state index in [0.717, 1.165) is 6.26 Å². The van der Waals surface area contributed by atoms with Crippen LogP contribution in [0.25, 0.3) is 0 Å². The van der Waals surface area contributed by atoms with E-state index in [1.165, 1.54) is 0 Å². The summed E-state index contributed by atoms with van der Waals surface area (Å²) >= 11 is 0. The van der Waals surface area contributed by atoms with Gasteiger partial charge in [-0.3, -0.25) is 4.57 Å². The minimum absolute atomic E-state index is 0.464. The summed E-state index contributed by atoms with van der Waals surface area (Å²) in [6, 6.07) is 17.1. The minimum atomic E-state index is -3.59. The fourth-order valence-corrected chi connectivity index (χ4v) is 5.96. The van der Waals surface area contributed by atoms with Gasteiger partial charge >= 0.3 is 0 Å². The zero-order valence-electron chi connectivity index (χ0n) is 10.4. The Hall–Kier alpha value is -1.42. The summed E-state index contributed by atoms with van der Waals surface area (Å²) in [5.74, 6) is 0. The van der Waals surface area contributed by atoms with Crippen molar-refractivity contribution in [2.24, 2.45) is 0 Å². The van der Waals surface area contributed by atoms with Crippen molar-refractivity contribution in [3.05, 3.63) is 60.7 Å². The average Bonchev–Trinajstić information content (AvgIpc) is 2.39. The molecule has 100 valence electrons. The smallest absolute Gasteiger partial charge is 0.217 e. The van der Waals surface area contributed by atoms with Crippen molar-refractivity contribution in [2.75, 3.05) is 6.26 Å². The lowest BCUT2D eigenvalue weighted by Crippen LogP contribution is -2.31. The monoisotopic (exact) mass is 295 g/mol. The number of hydrogen-bond donors (Lipinski definition) is 1. The molecule has 0 aliphatic rings. The van der Waals surface area contributed by atoms with Gasteiger partial charge in [0.05, 0.1) is 6.26 Å². The van der Waals surface area contributed by atoms with E-state index < -0.39 is 17.3 Å². The molecule has 2 rings (SSSR count). The minimum Gasteiger partial charge on any atom is -0.296 e. The maximum Gasteiger partial charge on any atom is 0.217 e. The van der Waals surface area contributed by atoms with Crippen molar-refractivity contribution >= 4 is 27.9 Å². The summed E-state index contributed by atoms with van der Waals surface area (Å²) in [5, 5.41) is 0.929. The quantitative estimate of drug-likeness (QED) is 0.869. The Bertz CT molecular complexity index is 656. The number of nitrogens with one attached hydrogen (secondary N) is 1.